The summed E-state index contributed by atoms with van der Waals surface area (Å²) in [7, 11) is 0. The summed E-state index contributed by atoms with van der Waals surface area (Å²) in [6.45, 7) is 2.06. The van der Waals surface area contributed by atoms with Gasteiger partial charge in [0.05, 0.1) is 33.4 Å². The lowest BCUT2D eigenvalue weighted by Crippen LogP contribution is -2.14. The smallest absolute Gasteiger partial charge is 0.338 e. The number of anilines is 1. The monoisotopic (exact) mass is 423 g/mol. The van der Waals surface area contributed by atoms with Gasteiger partial charge in [0.15, 0.2) is 0 Å². The number of aromatic nitrogens is 2. The summed E-state index contributed by atoms with van der Waals surface area (Å²) >= 11 is 2.85. The van der Waals surface area contributed by atoms with Crippen molar-refractivity contribution in [3.8, 4) is 0 Å². The molecular formula is C21H17N3O3S2. The van der Waals surface area contributed by atoms with E-state index in [0.29, 0.717) is 16.3 Å². The number of ether oxygens (including phenoxy) is 1. The van der Waals surface area contributed by atoms with Gasteiger partial charge in [0.1, 0.15) is 11.6 Å². The van der Waals surface area contributed by atoms with Gasteiger partial charge in [0.2, 0.25) is 5.91 Å². The van der Waals surface area contributed by atoms with Crippen molar-refractivity contribution in [1.29, 1.82) is 0 Å². The number of benzene rings is 2. The summed E-state index contributed by atoms with van der Waals surface area (Å²) in [6, 6.07) is 12.9. The maximum atomic E-state index is 12.3. The zero-order chi connectivity index (χ0) is 20.2. The number of esters is 1. The van der Waals surface area contributed by atoms with Gasteiger partial charge >= 0.3 is 5.97 Å². The number of aryl methyl sites for hydroxylation is 1. The molecular weight excluding hydrogens is 406 g/mol. The summed E-state index contributed by atoms with van der Waals surface area (Å²) < 4.78 is 6.29. The molecule has 0 fully saturated rings. The molecule has 2 heterocycles. The van der Waals surface area contributed by atoms with Crippen LogP contribution in [-0.4, -0.2) is 21.8 Å². The Morgan fingerprint density at radius 1 is 1.10 bits per heavy atom. The van der Waals surface area contributed by atoms with Crippen LogP contribution in [0.3, 0.4) is 0 Å². The highest BCUT2D eigenvalue weighted by molar-refractivity contribution is 7.16. The van der Waals surface area contributed by atoms with Crippen LogP contribution in [0.2, 0.25) is 0 Å². The van der Waals surface area contributed by atoms with E-state index in [1.807, 2.05) is 31.2 Å². The molecule has 6 nitrogen and oxygen atoms in total. The first kappa shape index (κ1) is 19.2. The van der Waals surface area contributed by atoms with Crippen LogP contribution in [0.5, 0.6) is 0 Å². The van der Waals surface area contributed by atoms with Gasteiger partial charge in [0.25, 0.3) is 0 Å². The Bertz CT molecular complexity index is 1170. The Kier molecular flexibility index (Phi) is 5.64. The van der Waals surface area contributed by atoms with E-state index in [-0.39, 0.29) is 18.9 Å². The second-order valence-electron chi connectivity index (χ2n) is 6.43. The minimum absolute atomic E-state index is 0.0651. The van der Waals surface area contributed by atoms with Crippen LogP contribution >= 0.6 is 22.7 Å². The first-order chi connectivity index (χ1) is 14.1. The first-order valence-electron chi connectivity index (χ1n) is 8.87. The van der Waals surface area contributed by atoms with E-state index in [0.717, 1.165) is 21.5 Å². The standard InChI is InChI=1S/C21H17N3O3S2/c1-13-2-5-15(6-3-13)23-19(25)9-20-24-16(11-28-20)10-27-21(26)14-4-7-17-18(8-14)29-12-22-17/h2-8,11-12H,9-10H2,1H3,(H,23,25). The summed E-state index contributed by atoms with van der Waals surface area (Å²) in [6.07, 6.45) is 0.175. The highest BCUT2D eigenvalue weighted by Crippen LogP contribution is 2.20. The van der Waals surface area contributed by atoms with Crippen molar-refractivity contribution < 1.29 is 14.3 Å². The number of nitrogens with one attached hydrogen (secondary N) is 1. The molecule has 146 valence electrons. The summed E-state index contributed by atoms with van der Waals surface area (Å²) in [5, 5.41) is 5.32. The third-order valence-corrected chi connectivity index (χ3v) is 5.85. The molecule has 0 spiro atoms. The average Bonchev–Trinajstić information content (AvgIpc) is 3.36. The molecule has 4 aromatic rings. The SMILES string of the molecule is Cc1ccc(NC(=O)Cc2nc(COC(=O)c3ccc4ncsc4c3)cs2)cc1. The van der Waals surface area contributed by atoms with Gasteiger partial charge in [-0.15, -0.1) is 22.7 Å². The third kappa shape index (κ3) is 4.85. The van der Waals surface area contributed by atoms with Crippen LogP contribution in [0.25, 0.3) is 10.2 Å². The first-order valence-corrected chi connectivity index (χ1v) is 10.6. The zero-order valence-electron chi connectivity index (χ0n) is 15.5. The van der Waals surface area contributed by atoms with Crippen molar-refractivity contribution in [2.45, 2.75) is 20.0 Å². The Balaban J connectivity index is 1.31. The lowest BCUT2D eigenvalue weighted by atomic mass is 10.2. The van der Waals surface area contributed by atoms with Gasteiger partial charge in [-0.3, -0.25) is 4.79 Å². The minimum Gasteiger partial charge on any atom is -0.456 e. The van der Waals surface area contributed by atoms with Gasteiger partial charge in [0, 0.05) is 11.1 Å². The van der Waals surface area contributed by atoms with Gasteiger partial charge in [-0.1, -0.05) is 17.7 Å². The minimum atomic E-state index is -0.410. The molecule has 0 aliphatic rings. The molecule has 0 bridgehead atoms. The van der Waals surface area contributed by atoms with Crippen molar-refractivity contribution in [1.82, 2.24) is 9.97 Å². The topological polar surface area (TPSA) is 81.2 Å². The Hall–Kier alpha value is -3.10. The molecule has 0 aliphatic carbocycles. The molecule has 2 aromatic heterocycles. The second-order valence-corrected chi connectivity index (χ2v) is 8.26. The normalized spacial score (nSPS) is 10.8. The molecule has 2 aromatic carbocycles. The molecule has 4 rings (SSSR count). The highest BCUT2D eigenvalue weighted by atomic mass is 32.1. The maximum Gasteiger partial charge on any atom is 0.338 e. The van der Waals surface area contributed by atoms with Gasteiger partial charge < -0.3 is 10.1 Å². The molecule has 0 atom stereocenters. The fourth-order valence-corrected chi connectivity index (χ4v) is 4.17. The molecule has 29 heavy (non-hydrogen) atoms. The van der Waals surface area contributed by atoms with Crippen molar-refractivity contribution in [3.05, 3.63) is 75.2 Å². The lowest BCUT2D eigenvalue weighted by molar-refractivity contribution is -0.115. The fourth-order valence-electron chi connectivity index (χ4n) is 2.68. The van der Waals surface area contributed by atoms with E-state index in [4.69, 9.17) is 4.74 Å². The number of hydrogen-bond acceptors (Lipinski definition) is 7. The average molecular weight is 424 g/mol. The van der Waals surface area contributed by atoms with Crippen molar-refractivity contribution >= 4 is 50.5 Å². The number of amides is 1. The molecule has 0 radical (unpaired) electrons. The zero-order valence-corrected chi connectivity index (χ0v) is 17.2. The Labute approximate surface area is 175 Å². The van der Waals surface area contributed by atoms with Gasteiger partial charge in [-0.2, -0.15) is 0 Å². The van der Waals surface area contributed by atoms with E-state index in [1.165, 1.54) is 22.7 Å². The molecule has 1 amide bonds. The van der Waals surface area contributed by atoms with Crippen LogP contribution in [0, 0.1) is 6.92 Å². The third-order valence-electron chi connectivity index (χ3n) is 4.16. The Morgan fingerprint density at radius 3 is 2.76 bits per heavy atom. The number of rotatable bonds is 6. The number of carbonyl (C=O) groups is 2. The Morgan fingerprint density at radius 2 is 1.93 bits per heavy atom. The quantitative estimate of drug-likeness (QED) is 0.459. The molecule has 0 saturated heterocycles. The fraction of sp³-hybridized carbons (Fsp3) is 0.143. The predicted molar refractivity (Wildman–Crippen MR) is 114 cm³/mol. The van der Waals surface area contributed by atoms with Crippen LogP contribution < -0.4 is 5.32 Å². The van der Waals surface area contributed by atoms with E-state index < -0.39 is 5.97 Å². The van der Waals surface area contributed by atoms with Crippen molar-refractivity contribution in [2.75, 3.05) is 5.32 Å². The molecule has 8 heteroatoms. The van der Waals surface area contributed by atoms with Crippen LogP contribution in [0.1, 0.15) is 26.6 Å². The maximum absolute atomic E-state index is 12.3. The predicted octanol–water partition coefficient (Wildman–Crippen LogP) is 4.60. The summed E-state index contributed by atoms with van der Waals surface area (Å²) in [4.78, 5) is 33.0. The van der Waals surface area contributed by atoms with Crippen molar-refractivity contribution in [3.63, 3.8) is 0 Å². The largest absolute Gasteiger partial charge is 0.456 e. The molecule has 0 unspecified atom stereocenters. The van der Waals surface area contributed by atoms with Crippen LogP contribution in [0.4, 0.5) is 5.69 Å². The lowest BCUT2D eigenvalue weighted by Gasteiger charge is -2.04. The molecule has 0 aliphatic heterocycles. The number of hydrogen-bond donors (Lipinski definition) is 1. The van der Waals surface area contributed by atoms with Crippen LogP contribution in [0.15, 0.2) is 53.4 Å². The van der Waals surface area contributed by atoms with E-state index in [2.05, 4.69) is 15.3 Å². The summed E-state index contributed by atoms with van der Waals surface area (Å²) in [5.41, 5.74) is 5.60. The number of thiazole rings is 2. The summed E-state index contributed by atoms with van der Waals surface area (Å²) in [5.74, 6) is -0.545. The van der Waals surface area contributed by atoms with E-state index in [1.54, 1.807) is 29.1 Å². The van der Waals surface area contributed by atoms with Gasteiger partial charge in [-0.25, -0.2) is 14.8 Å². The second kappa shape index (κ2) is 8.50. The molecule has 1 N–H and O–H groups in total. The highest BCUT2D eigenvalue weighted by Gasteiger charge is 2.12. The van der Waals surface area contributed by atoms with Gasteiger partial charge in [-0.05, 0) is 37.3 Å². The number of nitrogens with zero attached hydrogens (tertiary/aromatic N) is 2. The number of fused-ring (bicyclic) bond motifs is 1. The van der Waals surface area contributed by atoms with E-state index in [9.17, 15) is 9.59 Å². The number of carbonyl (C=O) groups excluding carboxylic acids is 2. The van der Waals surface area contributed by atoms with Crippen molar-refractivity contribution in [2.24, 2.45) is 0 Å². The molecule has 0 saturated carbocycles. The van der Waals surface area contributed by atoms with E-state index >= 15 is 0 Å². The van der Waals surface area contributed by atoms with Crippen LogP contribution in [-0.2, 0) is 22.6 Å².